The van der Waals surface area contributed by atoms with Crippen molar-refractivity contribution in [2.24, 2.45) is 5.73 Å². The van der Waals surface area contributed by atoms with E-state index < -0.39 is 15.8 Å². The molecule has 0 bridgehead atoms. The lowest BCUT2D eigenvalue weighted by molar-refractivity contribution is 0.0692. The highest BCUT2D eigenvalue weighted by molar-refractivity contribution is 7.89. The number of thiazole rings is 1. The monoisotopic (exact) mass is 434 g/mol. The summed E-state index contributed by atoms with van der Waals surface area (Å²) in [5.41, 5.74) is 5.86. The van der Waals surface area contributed by atoms with Gasteiger partial charge in [0.05, 0.1) is 9.90 Å². The van der Waals surface area contributed by atoms with Crippen molar-refractivity contribution >= 4 is 39.7 Å². The molecule has 1 saturated heterocycles. The summed E-state index contributed by atoms with van der Waals surface area (Å²) >= 11 is 1.39. The number of sulfonamides is 1. The number of nitrogens with zero attached hydrogens (tertiary/aromatic N) is 3. The van der Waals surface area contributed by atoms with E-state index in [4.69, 9.17) is 5.73 Å². The summed E-state index contributed by atoms with van der Waals surface area (Å²) in [5, 5.41) is 2.52. The van der Waals surface area contributed by atoms with E-state index in [2.05, 4.69) is 4.98 Å². The van der Waals surface area contributed by atoms with Crippen molar-refractivity contribution in [3.63, 3.8) is 0 Å². The molecule has 2 heterocycles. The number of benzene rings is 1. The summed E-state index contributed by atoms with van der Waals surface area (Å²) in [4.78, 5) is 18.4. The van der Waals surface area contributed by atoms with Crippen LogP contribution in [0.2, 0.25) is 0 Å². The Hall–Kier alpha value is -1.59. The van der Waals surface area contributed by atoms with Crippen LogP contribution in [0, 0.1) is 5.82 Å². The number of halogens is 2. The zero-order valence-electron chi connectivity index (χ0n) is 14.4. The molecular formula is C16H20ClFN4O3S2. The van der Waals surface area contributed by atoms with Gasteiger partial charge in [-0.1, -0.05) is 0 Å². The number of carbonyl (C=O) groups is 1. The van der Waals surface area contributed by atoms with Crippen molar-refractivity contribution < 1.29 is 17.6 Å². The third kappa shape index (κ3) is 4.82. The lowest BCUT2D eigenvalue weighted by atomic mass is 10.3. The van der Waals surface area contributed by atoms with Crippen LogP contribution >= 0.6 is 23.7 Å². The average molecular weight is 435 g/mol. The molecule has 0 unspecified atom stereocenters. The van der Waals surface area contributed by atoms with E-state index in [9.17, 15) is 17.6 Å². The van der Waals surface area contributed by atoms with Gasteiger partial charge < -0.3 is 10.6 Å². The highest BCUT2D eigenvalue weighted by atomic mass is 35.5. The zero-order chi connectivity index (χ0) is 18.7. The number of piperazine rings is 1. The second-order valence-corrected chi connectivity index (χ2v) is 8.70. The Morgan fingerprint density at radius 3 is 2.41 bits per heavy atom. The lowest BCUT2D eigenvalue weighted by Gasteiger charge is -2.33. The van der Waals surface area contributed by atoms with Crippen LogP contribution in [0.15, 0.2) is 34.5 Å². The number of hydrogen-bond donors (Lipinski definition) is 1. The van der Waals surface area contributed by atoms with Gasteiger partial charge in [0, 0.05) is 38.0 Å². The second kappa shape index (κ2) is 9.07. The first-order valence-corrected chi connectivity index (χ1v) is 10.4. The van der Waals surface area contributed by atoms with Gasteiger partial charge >= 0.3 is 0 Å². The standard InChI is InChI=1S/C16H19FN4O3S2.ClH/c17-12-1-3-13(4-2-12)26(23,24)21-9-7-20(8-10-21)16(22)14-11-25-15(19-14)5-6-18;/h1-4,11H,5-10,18H2;1H. The van der Waals surface area contributed by atoms with Crippen LogP contribution < -0.4 is 5.73 Å². The SMILES string of the molecule is Cl.NCCc1nc(C(=O)N2CCN(S(=O)(=O)c3ccc(F)cc3)CC2)cs1. The Morgan fingerprint density at radius 2 is 1.81 bits per heavy atom. The molecule has 7 nitrogen and oxygen atoms in total. The summed E-state index contributed by atoms with van der Waals surface area (Å²) in [6.07, 6.45) is 0.627. The molecule has 11 heteroatoms. The summed E-state index contributed by atoms with van der Waals surface area (Å²) in [7, 11) is -3.69. The lowest BCUT2D eigenvalue weighted by Crippen LogP contribution is -2.50. The zero-order valence-corrected chi connectivity index (χ0v) is 16.8. The molecule has 1 amide bonds. The smallest absolute Gasteiger partial charge is 0.273 e. The Bertz CT molecular complexity index is 881. The summed E-state index contributed by atoms with van der Waals surface area (Å²) in [6.45, 7) is 1.41. The van der Waals surface area contributed by atoms with E-state index in [0.717, 1.165) is 17.1 Å². The first kappa shape index (κ1) is 21.7. The van der Waals surface area contributed by atoms with Crippen LogP contribution in [-0.2, 0) is 16.4 Å². The minimum absolute atomic E-state index is 0. The minimum atomic E-state index is -3.69. The normalized spacial score (nSPS) is 15.4. The van der Waals surface area contributed by atoms with Gasteiger partial charge in [0.25, 0.3) is 5.91 Å². The summed E-state index contributed by atoms with van der Waals surface area (Å²) in [5.74, 6) is -0.694. The number of nitrogens with two attached hydrogens (primary N) is 1. The van der Waals surface area contributed by atoms with Crippen LogP contribution in [0.1, 0.15) is 15.5 Å². The van der Waals surface area contributed by atoms with Gasteiger partial charge in [-0.3, -0.25) is 4.79 Å². The number of amides is 1. The van der Waals surface area contributed by atoms with Crippen molar-refractivity contribution in [2.45, 2.75) is 11.3 Å². The molecule has 0 aliphatic carbocycles. The van der Waals surface area contributed by atoms with Gasteiger partial charge in [0.2, 0.25) is 10.0 Å². The van der Waals surface area contributed by atoms with Gasteiger partial charge in [-0.25, -0.2) is 17.8 Å². The highest BCUT2D eigenvalue weighted by Gasteiger charge is 2.31. The van der Waals surface area contributed by atoms with Crippen molar-refractivity contribution in [2.75, 3.05) is 32.7 Å². The average Bonchev–Trinajstić information content (AvgIpc) is 3.10. The van der Waals surface area contributed by atoms with E-state index in [-0.39, 0.29) is 49.4 Å². The van der Waals surface area contributed by atoms with Gasteiger partial charge in [0.15, 0.2) is 0 Å². The second-order valence-electron chi connectivity index (χ2n) is 5.82. The van der Waals surface area contributed by atoms with Crippen LogP contribution in [0.5, 0.6) is 0 Å². The molecule has 2 aromatic rings. The van der Waals surface area contributed by atoms with Crippen LogP contribution in [0.25, 0.3) is 0 Å². The van der Waals surface area contributed by atoms with E-state index in [1.807, 2.05) is 0 Å². The quantitative estimate of drug-likeness (QED) is 0.766. The first-order chi connectivity index (χ1) is 12.4. The first-order valence-electron chi connectivity index (χ1n) is 8.11. The van der Waals surface area contributed by atoms with Crippen molar-refractivity contribution in [3.8, 4) is 0 Å². The highest BCUT2D eigenvalue weighted by Crippen LogP contribution is 2.19. The molecule has 0 saturated carbocycles. The Kier molecular flexibility index (Phi) is 7.29. The van der Waals surface area contributed by atoms with E-state index in [1.165, 1.54) is 27.8 Å². The van der Waals surface area contributed by atoms with Gasteiger partial charge in [0.1, 0.15) is 11.5 Å². The van der Waals surface area contributed by atoms with Gasteiger partial charge in [-0.15, -0.1) is 23.7 Å². The maximum absolute atomic E-state index is 13.0. The molecule has 27 heavy (non-hydrogen) atoms. The predicted molar refractivity (Wildman–Crippen MR) is 103 cm³/mol. The van der Waals surface area contributed by atoms with Crippen LogP contribution in [0.4, 0.5) is 4.39 Å². The third-order valence-electron chi connectivity index (χ3n) is 4.11. The predicted octanol–water partition coefficient (Wildman–Crippen LogP) is 1.35. The molecule has 2 N–H and O–H groups in total. The van der Waals surface area contributed by atoms with E-state index in [1.54, 1.807) is 10.3 Å². The van der Waals surface area contributed by atoms with Crippen molar-refractivity contribution in [1.82, 2.24) is 14.2 Å². The molecule has 0 radical (unpaired) electrons. The fraction of sp³-hybridized carbons (Fsp3) is 0.375. The van der Waals surface area contributed by atoms with E-state index in [0.29, 0.717) is 18.7 Å². The van der Waals surface area contributed by atoms with Crippen LogP contribution in [0.3, 0.4) is 0 Å². The molecule has 3 rings (SSSR count). The maximum atomic E-state index is 13.0. The van der Waals surface area contributed by atoms with Crippen LogP contribution in [-0.4, -0.2) is 61.2 Å². The molecule has 1 aromatic carbocycles. The molecule has 1 fully saturated rings. The number of carbonyl (C=O) groups excluding carboxylic acids is 1. The van der Waals surface area contributed by atoms with Gasteiger partial charge in [-0.05, 0) is 30.8 Å². The Labute approximate surface area is 167 Å². The Balaban J connectivity index is 0.00000261. The summed E-state index contributed by atoms with van der Waals surface area (Å²) < 4.78 is 39.5. The molecular weight excluding hydrogens is 415 g/mol. The molecule has 1 aromatic heterocycles. The maximum Gasteiger partial charge on any atom is 0.273 e. The number of hydrogen-bond acceptors (Lipinski definition) is 6. The molecule has 148 valence electrons. The number of aromatic nitrogens is 1. The van der Waals surface area contributed by atoms with Crippen molar-refractivity contribution in [3.05, 3.63) is 46.2 Å². The topological polar surface area (TPSA) is 96.6 Å². The van der Waals surface area contributed by atoms with Gasteiger partial charge in [-0.2, -0.15) is 4.31 Å². The van der Waals surface area contributed by atoms with Crippen molar-refractivity contribution in [1.29, 1.82) is 0 Å². The van der Waals surface area contributed by atoms with E-state index >= 15 is 0 Å². The minimum Gasteiger partial charge on any atom is -0.335 e. The molecule has 0 spiro atoms. The third-order valence-corrected chi connectivity index (χ3v) is 6.93. The molecule has 1 aliphatic heterocycles. The fourth-order valence-electron chi connectivity index (χ4n) is 2.70. The Morgan fingerprint density at radius 1 is 1.19 bits per heavy atom. The number of rotatable bonds is 5. The molecule has 1 aliphatic rings. The molecule has 0 atom stereocenters. The fourth-order valence-corrected chi connectivity index (χ4v) is 4.91. The largest absolute Gasteiger partial charge is 0.335 e. The summed E-state index contributed by atoms with van der Waals surface area (Å²) in [6, 6.07) is 4.73.